The number of aliphatic hydroxyl groups is 2. The van der Waals surface area contributed by atoms with E-state index in [1.807, 2.05) is 0 Å². The van der Waals surface area contributed by atoms with Gasteiger partial charge in [-0.05, 0) is 5.92 Å². The molecule has 0 spiro atoms. The smallest absolute Gasteiger partial charge is 0.190 e. The maximum absolute atomic E-state index is 10.6. The lowest BCUT2D eigenvalue weighted by Gasteiger charge is -2.01. The van der Waals surface area contributed by atoms with Crippen molar-refractivity contribution in [2.75, 3.05) is 0 Å². The van der Waals surface area contributed by atoms with E-state index in [2.05, 4.69) is 0 Å². The summed E-state index contributed by atoms with van der Waals surface area (Å²) in [4.78, 5) is 10.6. The molecule has 0 amide bonds. The molecule has 1 radical (unpaired) electrons. The van der Waals surface area contributed by atoms with Gasteiger partial charge in [0.15, 0.2) is 5.78 Å². The molecule has 0 aromatic heterocycles. The Morgan fingerprint density at radius 2 is 2.11 bits per heavy atom. The highest BCUT2D eigenvalue weighted by molar-refractivity contribution is 5.91. The topological polar surface area (TPSA) is 57.5 Å². The number of ketones is 1. The maximum Gasteiger partial charge on any atom is 0.190 e. The van der Waals surface area contributed by atoms with Gasteiger partial charge in [-0.15, -0.1) is 0 Å². The number of carbonyl (C=O) groups excluding carboxylic acids is 1. The van der Waals surface area contributed by atoms with E-state index in [1.165, 1.54) is 6.42 Å². The summed E-state index contributed by atoms with van der Waals surface area (Å²) >= 11 is 0. The summed E-state index contributed by atoms with van der Waals surface area (Å²) < 4.78 is 0. The van der Waals surface area contributed by atoms with Crippen LogP contribution in [0, 0.1) is 12.3 Å². The third-order valence-corrected chi connectivity index (χ3v) is 1.57. The van der Waals surface area contributed by atoms with E-state index in [0.29, 0.717) is 0 Å². The van der Waals surface area contributed by atoms with Gasteiger partial charge in [-0.1, -0.05) is 6.92 Å². The average molecular weight is 129 g/mol. The predicted molar refractivity (Wildman–Crippen MR) is 30.5 cm³/mol. The minimum Gasteiger partial charge on any atom is -0.385 e. The zero-order chi connectivity index (χ0) is 7.02. The number of carbonyl (C=O) groups is 1. The molecule has 0 aromatic rings. The predicted octanol–water partition coefficient (Wildman–Crippen LogP) is -0.869. The second kappa shape index (κ2) is 2.08. The van der Waals surface area contributed by atoms with Crippen molar-refractivity contribution in [3.8, 4) is 0 Å². The highest BCUT2D eigenvalue weighted by Crippen LogP contribution is 2.20. The molecule has 0 heterocycles. The van der Waals surface area contributed by atoms with Crippen LogP contribution in [0.5, 0.6) is 0 Å². The molecular weight excluding hydrogens is 120 g/mol. The highest BCUT2D eigenvalue weighted by atomic mass is 16.3. The van der Waals surface area contributed by atoms with Crippen LogP contribution < -0.4 is 0 Å². The molecule has 3 heteroatoms. The zero-order valence-corrected chi connectivity index (χ0v) is 5.11. The Morgan fingerprint density at radius 3 is 2.22 bits per heavy atom. The van der Waals surface area contributed by atoms with E-state index >= 15 is 0 Å². The highest BCUT2D eigenvalue weighted by Gasteiger charge is 2.37. The molecule has 0 bridgehead atoms. The van der Waals surface area contributed by atoms with Gasteiger partial charge in [0.05, 0.1) is 0 Å². The fourth-order valence-corrected chi connectivity index (χ4v) is 0.922. The van der Waals surface area contributed by atoms with Crippen LogP contribution in [0.25, 0.3) is 0 Å². The van der Waals surface area contributed by atoms with Gasteiger partial charge in [0.1, 0.15) is 12.2 Å². The number of aliphatic hydroxyl groups excluding tert-OH is 2. The molecule has 0 aliphatic heterocycles. The van der Waals surface area contributed by atoms with Crippen molar-refractivity contribution in [1.29, 1.82) is 0 Å². The standard InChI is InChI=1S/C6H9O3/c1-3-2-4(7)6(9)5(3)8/h2-5,7-8H,1H3. The van der Waals surface area contributed by atoms with Gasteiger partial charge in [0.25, 0.3) is 0 Å². The van der Waals surface area contributed by atoms with Crippen LogP contribution in [-0.2, 0) is 4.79 Å². The van der Waals surface area contributed by atoms with Crippen LogP contribution in [-0.4, -0.2) is 28.2 Å². The Hall–Kier alpha value is -0.410. The number of rotatable bonds is 0. The van der Waals surface area contributed by atoms with Crippen molar-refractivity contribution < 1.29 is 15.0 Å². The molecule has 1 saturated carbocycles. The molecule has 1 aliphatic rings. The lowest BCUT2D eigenvalue weighted by atomic mass is 10.1. The minimum atomic E-state index is -1.05. The molecule has 3 nitrogen and oxygen atoms in total. The first-order chi connectivity index (χ1) is 4.13. The largest absolute Gasteiger partial charge is 0.385 e. The summed E-state index contributed by atoms with van der Waals surface area (Å²) in [5.41, 5.74) is 0. The summed E-state index contributed by atoms with van der Waals surface area (Å²) in [6.45, 7) is 1.69. The molecule has 2 N–H and O–H groups in total. The van der Waals surface area contributed by atoms with Gasteiger partial charge < -0.3 is 10.2 Å². The third-order valence-electron chi connectivity index (χ3n) is 1.57. The van der Waals surface area contributed by atoms with Crippen LogP contribution in [0.15, 0.2) is 0 Å². The minimum absolute atomic E-state index is 0.201. The zero-order valence-electron chi connectivity index (χ0n) is 5.11. The summed E-state index contributed by atoms with van der Waals surface area (Å²) in [6.07, 6.45) is -0.595. The Kier molecular flexibility index (Phi) is 1.55. The Balaban J connectivity index is 2.65. The number of Topliss-reactive ketones (excluding diaryl/α,β-unsaturated/α-hetero) is 1. The van der Waals surface area contributed by atoms with E-state index in [1.54, 1.807) is 6.92 Å². The van der Waals surface area contributed by atoms with Crippen molar-refractivity contribution in [2.45, 2.75) is 19.1 Å². The van der Waals surface area contributed by atoms with Crippen LogP contribution in [0.1, 0.15) is 6.92 Å². The van der Waals surface area contributed by atoms with Crippen LogP contribution in [0.4, 0.5) is 0 Å². The van der Waals surface area contributed by atoms with Crippen molar-refractivity contribution >= 4 is 5.78 Å². The molecule has 1 fully saturated rings. The summed E-state index contributed by atoms with van der Waals surface area (Å²) in [5.74, 6) is -0.685. The van der Waals surface area contributed by atoms with Gasteiger partial charge in [-0.2, -0.15) is 0 Å². The van der Waals surface area contributed by atoms with Crippen molar-refractivity contribution in [3.05, 3.63) is 6.42 Å². The van der Waals surface area contributed by atoms with Crippen molar-refractivity contribution in [2.24, 2.45) is 5.92 Å². The Morgan fingerprint density at radius 1 is 1.56 bits per heavy atom. The third kappa shape index (κ3) is 0.976. The van der Waals surface area contributed by atoms with E-state index < -0.39 is 18.0 Å². The van der Waals surface area contributed by atoms with Gasteiger partial charge in [0, 0.05) is 6.42 Å². The lowest BCUT2D eigenvalue weighted by molar-refractivity contribution is -0.131. The second-order valence-corrected chi connectivity index (χ2v) is 2.34. The molecule has 3 atom stereocenters. The average Bonchev–Trinajstić information content (AvgIpc) is 1.98. The first-order valence-electron chi connectivity index (χ1n) is 2.88. The fourth-order valence-electron chi connectivity index (χ4n) is 0.922. The van der Waals surface area contributed by atoms with Gasteiger partial charge >= 0.3 is 0 Å². The van der Waals surface area contributed by atoms with Crippen LogP contribution in [0.3, 0.4) is 0 Å². The lowest BCUT2D eigenvalue weighted by Crippen LogP contribution is -2.23. The number of hydrogen-bond donors (Lipinski definition) is 2. The summed E-state index contributed by atoms with van der Waals surface area (Å²) in [5, 5.41) is 17.7. The summed E-state index contributed by atoms with van der Waals surface area (Å²) in [7, 11) is 0. The molecule has 0 aromatic carbocycles. The first-order valence-corrected chi connectivity index (χ1v) is 2.88. The summed E-state index contributed by atoms with van der Waals surface area (Å²) in [6, 6.07) is 0. The van der Waals surface area contributed by atoms with Crippen LogP contribution >= 0.6 is 0 Å². The van der Waals surface area contributed by atoms with Gasteiger partial charge in [0.2, 0.25) is 0 Å². The van der Waals surface area contributed by atoms with Gasteiger partial charge in [-0.25, -0.2) is 0 Å². The normalized spacial score (nSPS) is 43.9. The Bertz CT molecular complexity index is 132. The van der Waals surface area contributed by atoms with Crippen LogP contribution in [0.2, 0.25) is 0 Å². The molecule has 51 valence electrons. The second-order valence-electron chi connectivity index (χ2n) is 2.34. The fraction of sp³-hybridized carbons (Fsp3) is 0.667. The Labute approximate surface area is 53.3 Å². The van der Waals surface area contributed by atoms with E-state index in [-0.39, 0.29) is 5.92 Å². The van der Waals surface area contributed by atoms with E-state index in [0.717, 1.165) is 0 Å². The first kappa shape index (κ1) is 6.71. The number of hydrogen-bond acceptors (Lipinski definition) is 3. The SMILES string of the molecule is CC1[CH]C(O)C(=O)C1O. The molecule has 0 saturated heterocycles. The quantitative estimate of drug-likeness (QED) is 0.447. The van der Waals surface area contributed by atoms with Gasteiger partial charge in [-0.3, -0.25) is 4.79 Å². The molecule has 1 aliphatic carbocycles. The molecule has 3 unspecified atom stereocenters. The molecule has 1 rings (SSSR count). The monoisotopic (exact) mass is 129 g/mol. The van der Waals surface area contributed by atoms with E-state index in [9.17, 15) is 4.79 Å². The van der Waals surface area contributed by atoms with Crippen molar-refractivity contribution in [3.63, 3.8) is 0 Å². The van der Waals surface area contributed by atoms with Crippen molar-refractivity contribution in [1.82, 2.24) is 0 Å². The van der Waals surface area contributed by atoms with E-state index in [4.69, 9.17) is 10.2 Å². The molecular formula is C6H9O3. The maximum atomic E-state index is 10.6. The molecule has 9 heavy (non-hydrogen) atoms.